The third kappa shape index (κ3) is 69.6. The molecule has 0 radical (unpaired) electrons. The third-order valence-corrected chi connectivity index (χ3v) is 18.3. The lowest BCUT2D eigenvalue weighted by molar-refractivity contribution is -0.143. The van der Waals surface area contributed by atoms with Gasteiger partial charge in [-0.2, -0.15) is 0 Å². The largest absolute Gasteiger partial charge is 0.466 e. The third-order valence-electron chi connectivity index (χ3n) is 18.3. The Balaban J connectivity index is 3.30. The highest BCUT2D eigenvalue weighted by atomic mass is 16.5. The van der Waals surface area contributed by atoms with Gasteiger partial charge in [-0.05, 0) is 51.4 Å². The molecular formula is C77H151NO5. The number of aliphatic hydroxyl groups excluding tert-OH is 2. The second kappa shape index (κ2) is 73.1. The van der Waals surface area contributed by atoms with Crippen LogP contribution in [-0.4, -0.2) is 47.4 Å². The zero-order chi connectivity index (χ0) is 59.9. The topological polar surface area (TPSA) is 95.9 Å². The molecule has 0 aromatic rings. The summed E-state index contributed by atoms with van der Waals surface area (Å²) in [5, 5.41) is 23.3. The van der Waals surface area contributed by atoms with Crippen LogP contribution in [0.3, 0.4) is 0 Å². The average molecular weight is 1170 g/mol. The summed E-state index contributed by atoms with van der Waals surface area (Å²) in [5.74, 6) is -0.00228. The summed E-state index contributed by atoms with van der Waals surface area (Å²) >= 11 is 0. The number of unbranched alkanes of at least 4 members (excludes halogenated alkanes) is 60. The molecule has 0 heterocycles. The molecule has 0 saturated carbocycles. The SMILES string of the molecule is CCCCCCCCCCCCCCCCCC(=O)OCCCCCCCCCCCCCCCCCC/C=C\CCCCCCCCCCCCCCCCCCCC(=O)NC(CO)C(O)CCCCCCCCCCCCCCCC. The Labute approximate surface area is 520 Å². The molecule has 83 heavy (non-hydrogen) atoms. The van der Waals surface area contributed by atoms with Crippen molar-refractivity contribution in [1.29, 1.82) is 0 Å². The zero-order valence-corrected chi connectivity index (χ0v) is 56.7. The fourth-order valence-corrected chi connectivity index (χ4v) is 12.5. The predicted molar refractivity (Wildman–Crippen MR) is 366 cm³/mol. The molecule has 0 aliphatic carbocycles. The van der Waals surface area contributed by atoms with Crippen molar-refractivity contribution in [2.24, 2.45) is 0 Å². The van der Waals surface area contributed by atoms with Gasteiger partial charge in [0.2, 0.25) is 5.91 Å². The Kier molecular flexibility index (Phi) is 71.8. The van der Waals surface area contributed by atoms with E-state index in [2.05, 4.69) is 31.3 Å². The molecule has 3 N–H and O–H groups in total. The van der Waals surface area contributed by atoms with E-state index in [0.29, 0.717) is 25.9 Å². The highest BCUT2D eigenvalue weighted by Gasteiger charge is 2.20. The summed E-state index contributed by atoms with van der Waals surface area (Å²) in [6.45, 7) is 5.00. The van der Waals surface area contributed by atoms with Gasteiger partial charge in [-0.25, -0.2) is 0 Å². The number of hydrogen-bond donors (Lipinski definition) is 3. The van der Waals surface area contributed by atoms with Crippen molar-refractivity contribution in [3.63, 3.8) is 0 Å². The maximum absolute atomic E-state index is 12.5. The van der Waals surface area contributed by atoms with Gasteiger partial charge in [-0.15, -0.1) is 0 Å². The minimum atomic E-state index is -0.660. The lowest BCUT2D eigenvalue weighted by Gasteiger charge is -2.22. The summed E-state index contributed by atoms with van der Waals surface area (Å²) in [6, 6.07) is -0.537. The predicted octanol–water partition coefficient (Wildman–Crippen LogP) is 25.1. The lowest BCUT2D eigenvalue weighted by atomic mass is 10.0. The Hall–Kier alpha value is -1.40. The number of allylic oxidation sites excluding steroid dienone is 2. The number of nitrogens with one attached hydrogen (secondary N) is 1. The maximum Gasteiger partial charge on any atom is 0.305 e. The number of amides is 1. The highest BCUT2D eigenvalue weighted by molar-refractivity contribution is 5.76. The number of rotatable bonds is 73. The fraction of sp³-hybridized carbons (Fsp3) is 0.948. The van der Waals surface area contributed by atoms with E-state index in [4.69, 9.17) is 4.74 Å². The van der Waals surface area contributed by atoms with Crippen LogP contribution in [0.2, 0.25) is 0 Å². The van der Waals surface area contributed by atoms with Gasteiger partial charge < -0.3 is 20.3 Å². The summed E-state index contributed by atoms with van der Waals surface area (Å²) < 4.78 is 5.51. The fourth-order valence-electron chi connectivity index (χ4n) is 12.5. The van der Waals surface area contributed by atoms with E-state index in [1.807, 2.05) is 0 Å². The molecular weight excluding hydrogens is 1020 g/mol. The monoisotopic (exact) mass is 1170 g/mol. The van der Waals surface area contributed by atoms with Crippen LogP contribution in [0, 0.1) is 0 Å². The van der Waals surface area contributed by atoms with Gasteiger partial charge in [0.15, 0.2) is 0 Å². The van der Waals surface area contributed by atoms with Crippen LogP contribution >= 0.6 is 0 Å². The molecule has 0 spiro atoms. The lowest BCUT2D eigenvalue weighted by Crippen LogP contribution is -2.45. The molecule has 0 bridgehead atoms. The van der Waals surface area contributed by atoms with Crippen LogP contribution in [-0.2, 0) is 14.3 Å². The summed E-state index contributed by atoms with van der Waals surface area (Å²) in [5.41, 5.74) is 0. The van der Waals surface area contributed by atoms with E-state index in [1.54, 1.807) is 0 Å². The molecule has 0 aromatic carbocycles. The molecule has 0 rings (SSSR count). The summed E-state index contributed by atoms with van der Waals surface area (Å²) in [4.78, 5) is 24.6. The number of aliphatic hydroxyl groups is 2. The van der Waals surface area contributed by atoms with Crippen LogP contribution < -0.4 is 5.32 Å². The van der Waals surface area contributed by atoms with Crippen LogP contribution in [0.5, 0.6) is 0 Å². The van der Waals surface area contributed by atoms with Crippen LogP contribution in [0.25, 0.3) is 0 Å². The number of carbonyl (C=O) groups excluding carboxylic acids is 2. The summed E-state index contributed by atoms with van der Waals surface area (Å²) in [6.07, 6.45) is 91.6. The Morgan fingerprint density at radius 1 is 0.325 bits per heavy atom. The molecule has 0 aromatic heterocycles. The summed E-state index contributed by atoms with van der Waals surface area (Å²) in [7, 11) is 0. The highest BCUT2D eigenvalue weighted by Crippen LogP contribution is 2.20. The first-order chi connectivity index (χ1) is 41.0. The molecule has 494 valence electrons. The maximum atomic E-state index is 12.5. The van der Waals surface area contributed by atoms with E-state index in [0.717, 1.165) is 38.5 Å². The van der Waals surface area contributed by atoms with Crippen LogP contribution in [0.4, 0.5) is 0 Å². The van der Waals surface area contributed by atoms with Crippen LogP contribution in [0.15, 0.2) is 12.2 Å². The van der Waals surface area contributed by atoms with Crippen molar-refractivity contribution < 1.29 is 24.5 Å². The zero-order valence-electron chi connectivity index (χ0n) is 56.7. The van der Waals surface area contributed by atoms with E-state index >= 15 is 0 Å². The van der Waals surface area contributed by atoms with Crippen molar-refractivity contribution in [1.82, 2.24) is 5.32 Å². The van der Waals surface area contributed by atoms with E-state index < -0.39 is 12.1 Å². The molecule has 6 heteroatoms. The number of hydrogen-bond acceptors (Lipinski definition) is 5. The van der Waals surface area contributed by atoms with Gasteiger partial charge in [0.05, 0.1) is 25.4 Å². The first kappa shape index (κ1) is 81.6. The van der Waals surface area contributed by atoms with Gasteiger partial charge in [0, 0.05) is 12.8 Å². The molecule has 1 amide bonds. The second-order valence-corrected chi connectivity index (χ2v) is 26.7. The molecule has 0 aliphatic rings. The van der Waals surface area contributed by atoms with Gasteiger partial charge in [-0.1, -0.05) is 392 Å². The van der Waals surface area contributed by atoms with E-state index in [1.165, 1.54) is 372 Å². The van der Waals surface area contributed by atoms with E-state index in [-0.39, 0.29) is 18.5 Å². The van der Waals surface area contributed by atoms with Crippen molar-refractivity contribution in [2.45, 2.75) is 456 Å². The Morgan fingerprint density at radius 2 is 0.566 bits per heavy atom. The number of ether oxygens (including phenoxy) is 1. The standard InChI is InChI=1S/C77H151NO5/c1-3-5-7-9-11-13-15-17-42-47-51-55-59-63-67-71-77(82)83-72-68-64-60-56-52-48-44-41-39-37-35-33-31-29-27-25-23-21-19-20-22-24-26-28-30-32-34-36-38-40-43-46-50-54-58-62-66-70-76(81)78-74(73-79)75(80)69-65-61-57-53-49-45-18-16-14-12-10-8-6-4-2/h19,21,74-75,79-80H,3-18,20,22-73H2,1-2H3,(H,78,81)/b21-19-. The van der Waals surface area contributed by atoms with Crippen molar-refractivity contribution in [3.05, 3.63) is 12.2 Å². The van der Waals surface area contributed by atoms with Gasteiger partial charge in [0.1, 0.15) is 0 Å². The average Bonchev–Trinajstić information content (AvgIpc) is 3.49. The molecule has 0 aliphatic heterocycles. The minimum Gasteiger partial charge on any atom is -0.466 e. The molecule has 0 saturated heterocycles. The normalized spacial score (nSPS) is 12.5. The molecule has 6 nitrogen and oxygen atoms in total. The van der Waals surface area contributed by atoms with Gasteiger partial charge in [-0.3, -0.25) is 9.59 Å². The van der Waals surface area contributed by atoms with Crippen LogP contribution in [0.1, 0.15) is 444 Å². The van der Waals surface area contributed by atoms with Gasteiger partial charge >= 0.3 is 5.97 Å². The van der Waals surface area contributed by atoms with Gasteiger partial charge in [0.25, 0.3) is 0 Å². The molecule has 0 fully saturated rings. The van der Waals surface area contributed by atoms with E-state index in [9.17, 15) is 19.8 Å². The molecule has 2 atom stereocenters. The van der Waals surface area contributed by atoms with Crippen molar-refractivity contribution >= 4 is 11.9 Å². The number of esters is 1. The quantitative estimate of drug-likeness (QED) is 0.0320. The first-order valence-corrected chi connectivity index (χ1v) is 38.4. The first-order valence-electron chi connectivity index (χ1n) is 38.4. The molecule has 2 unspecified atom stereocenters. The number of carbonyl (C=O) groups is 2. The van der Waals surface area contributed by atoms with Crippen molar-refractivity contribution in [3.8, 4) is 0 Å². The minimum absolute atomic E-state index is 0.0254. The smallest absolute Gasteiger partial charge is 0.305 e. The van der Waals surface area contributed by atoms with Crippen molar-refractivity contribution in [2.75, 3.05) is 13.2 Å². The Bertz CT molecular complexity index is 1260. The Morgan fingerprint density at radius 3 is 0.855 bits per heavy atom. The second-order valence-electron chi connectivity index (χ2n) is 26.7.